The number of thioether (sulfide) groups is 1. The van der Waals surface area contributed by atoms with Crippen LogP contribution in [0.4, 0.5) is 4.39 Å². The second-order valence-electron chi connectivity index (χ2n) is 4.56. The molecule has 20 heavy (non-hydrogen) atoms. The number of aromatic nitrogens is 2. The Morgan fingerprint density at radius 3 is 2.85 bits per heavy atom. The van der Waals surface area contributed by atoms with E-state index < -0.39 is 0 Å². The van der Waals surface area contributed by atoms with E-state index in [9.17, 15) is 4.39 Å². The first-order valence-electron chi connectivity index (χ1n) is 6.82. The minimum absolute atomic E-state index is 0.158. The second-order valence-corrected chi connectivity index (χ2v) is 5.62. The number of nitrogens with one attached hydrogen (secondary N) is 1. The highest BCUT2D eigenvalue weighted by Gasteiger charge is 2.15. The van der Waals surface area contributed by atoms with Crippen LogP contribution in [-0.4, -0.2) is 22.6 Å². The van der Waals surface area contributed by atoms with Crippen molar-refractivity contribution in [2.45, 2.75) is 30.8 Å². The highest BCUT2D eigenvalue weighted by atomic mass is 32.2. The van der Waals surface area contributed by atoms with Crippen LogP contribution < -0.4 is 5.32 Å². The van der Waals surface area contributed by atoms with Gasteiger partial charge in [-0.05, 0) is 31.7 Å². The molecule has 0 spiro atoms. The molecule has 0 fully saturated rings. The lowest BCUT2D eigenvalue weighted by molar-refractivity contribution is 0.524. The standard InChI is InChI=1S/C15H20FN3S/c1-3-10-19-14(8-9-18-19)13(17-2)11-20-15-7-5-4-6-12(15)16/h4-9,13,17H,3,10-11H2,1-2H3. The van der Waals surface area contributed by atoms with Crippen molar-refractivity contribution in [3.8, 4) is 0 Å². The van der Waals surface area contributed by atoms with Crippen molar-refractivity contribution in [2.24, 2.45) is 0 Å². The number of aryl methyl sites for hydroxylation is 1. The molecule has 2 aromatic rings. The lowest BCUT2D eigenvalue weighted by atomic mass is 10.2. The maximum atomic E-state index is 13.6. The first-order valence-corrected chi connectivity index (χ1v) is 7.81. The second kappa shape index (κ2) is 7.45. The van der Waals surface area contributed by atoms with Crippen molar-refractivity contribution >= 4 is 11.8 Å². The summed E-state index contributed by atoms with van der Waals surface area (Å²) in [7, 11) is 1.93. The molecule has 3 nitrogen and oxygen atoms in total. The van der Waals surface area contributed by atoms with Gasteiger partial charge in [-0.3, -0.25) is 4.68 Å². The molecule has 1 N–H and O–H groups in total. The molecule has 2 rings (SSSR count). The summed E-state index contributed by atoms with van der Waals surface area (Å²) in [6.45, 7) is 3.04. The van der Waals surface area contributed by atoms with Gasteiger partial charge in [-0.1, -0.05) is 19.1 Å². The molecule has 5 heteroatoms. The van der Waals surface area contributed by atoms with Crippen LogP contribution in [0, 0.1) is 5.82 Å². The summed E-state index contributed by atoms with van der Waals surface area (Å²) in [5, 5.41) is 7.63. The zero-order chi connectivity index (χ0) is 14.4. The van der Waals surface area contributed by atoms with Gasteiger partial charge in [-0.15, -0.1) is 11.8 Å². The van der Waals surface area contributed by atoms with E-state index in [1.165, 1.54) is 17.8 Å². The molecule has 1 atom stereocenters. The smallest absolute Gasteiger partial charge is 0.136 e. The first-order chi connectivity index (χ1) is 9.76. The quantitative estimate of drug-likeness (QED) is 0.793. The van der Waals surface area contributed by atoms with E-state index in [0.717, 1.165) is 24.4 Å². The number of hydrogen-bond acceptors (Lipinski definition) is 3. The third-order valence-corrected chi connectivity index (χ3v) is 4.27. The molecule has 0 bridgehead atoms. The Morgan fingerprint density at radius 2 is 2.15 bits per heavy atom. The fourth-order valence-corrected chi connectivity index (χ4v) is 3.15. The normalized spacial score (nSPS) is 12.6. The van der Waals surface area contributed by atoms with Gasteiger partial charge in [0.2, 0.25) is 0 Å². The predicted octanol–water partition coefficient (Wildman–Crippen LogP) is 3.49. The molecule has 1 unspecified atom stereocenters. The average molecular weight is 293 g/mol. The molecule has 108 valence electrons. The molecule has 1 aromatic carbocycles. The SMILES string of the molecule is CCCn1nccc1C(CSc1ccccc1F)NC. The Hall–Kier alpha value is -1.33. The highest BCUT2D eigenvalue weighted by molar-refractivity contribution is 7.99. The zero-order valence-corrected chi connectivity index (χ0v) is 12.7. The van der Waals surface area contributed by atoms with Gasteiger partial charge in [-0.25, -0.2) is 4.39 Å². The Balaban J connectivity index is 2.06. The van der Waals surface area contributed by atoms with E-state index in [1.54, 1.807) is 6.07 Å². The van der Waals surface area contributed by atoms with E-state index >= 15 is 0 Å². The van der Waals surface area contributed by atoms with Gasteiger partial charge >= 0.3 is 0 Å². The van der Waals surface area contributed by atoms with Crippen LogP contribution in [0.15, 0.2) is 41.4 Å². The molecular formula is C15H20FN3S. The Kier molecular flexibility index (Phi) is 5.61. The summed E-state index contributed by atoms with van der Waals surface area (Å²) in [4.78, 5) is 0.689. The summed E-state index contributed by atoms with van der Waals surface area (Å²) >= 11 is 1.53. The van der Waals surface area contributed by atoms with E-state index in [1.807, 2.05) is 36.1 Å². The number of nitrogens with zero attached hydrogens (tertiary/aromatic N) is 2. The third-order valence-electron chi connectivity index (χ3n) is 3.13. The van der Waals surface area contributed by atoms with Gasteiger partial charge in [-0.2, -0.15) is 5.10 Å². The topological polar surface area (TPSA) is 29.9 Å². The van der Waals surface area contributed by atoms with E-state index in [0.29, 0.717) is 4.90 Å². The molecule has 0 saturated carbocycles. The molecule has 1 aromatic heterocycles. The summed E-state index contributed by atoms with van der Waals surface area (Å²) in [6, 6.07) is 9.08. The van der Waals surface area contributed by atoms with Crippen LogP contribution in [0.5, 0.6) is 0 Å². The van der Waals surface area contributed by atoms with Crippen LogP contribution in [-0.2, 0) is 6.54 Å². The van der Waals surface area contributed by atoms with Gasteiger partial charge in [0.25, 0.3) is 0 Å². The highest BCUT2D eigenvalue weighted by Crippen LogP contribution is 2.26. The maximum absolute atomic E-state index is 13.6. The Morgan fingerprint density at radius 1 is 1.35 bits per heavy atom. The van der Waals surface area contributed by atoms with Gasteiger partial charge in [0.15, 0.2) is 0 Å². The molecule has 0 amide bonds. The molecule has 0 aliphatic carbocycles. The Bertz CT molecular complexity index is 541. The third kappa shape index (κ3) is 3.61. The number of halogens is 1. The Labute approximate surface area is 123 Å². The van der Waals surface area contributed by atoms with E-state index in [4.69, 9.17) is 0 Å². The molecule has 1 heterocycles. The fourth-order valence-electron chi connectivity index (χ4n) is 2.09. The summed E-state index contributed by atoms with van der Waals surface area (Å²) in [5.74, 6) is 0.613. The van der Waals surface area contributed by atoms with Gasteiger partial charge in [0.05, 0.1) is 11.7 Å². The lowest BCUT2D eigenvalue weighted by Crippen LogP contribution is -2.22. The minimum atomic E-state index is -0.158. The van der Waals surface area contributed by atoms with Crippen molar-refractivity contribution in [3.05, 3.63) is 48.0 Å². The molecule has 0 radical (unpaired) electrons. The van der Waals surface area contributed by atoms with Crippen LogP contribution in [0.25, 0.3) is 0 Å². The maximum Gasteiger partial charge on any atom is 0.136 e. The summed E-state index contributed by atoms with van der Waals surface area (Å²) < 4.78 is 15.6. The fraction of sp³-hybridized carbons (Fsp3) is 0.400. The van der Waals surface area contributed by atoms with E-state index in [-0.39, 0.29) is 11.9 Å². The number of rotatable bonds is 7. The monoisotopic (exact) mass is 293 g/mol. The zero-order valence-electron chi connectivity index (χ0n) is 11.8. The molecule has 0 saturated heterocycles. The van der Waals surface area contributed by atoms with Crippen LogP contribution in [0.3, 0.4) is 0 Å². The van der Waals surface area contributed by atoms with Crippen LogP contribution >= 0.6 is 11.8 Å². The van der Waals surface area contributed by atoms with Gasteiger partial charge < -0.3 is 5.32 Å². The van der Waals surface area contributed by atoms with Crippen molar-refractivity contribution in [3.63, 3.8) is 0 Å². The van der Waals surface area contributed by atoms with E-state index in [2.05, 4.69) is 17.3 Å². The van der Waals surface area contributed by atoms with Crippen molar-refractivity contribution < 1.29 is 4.39 Å². The average Bonchev–Trinajstić information content (AvgIpc) is 2.90. The minimum Gasteiger partial charge on any atom is -0.311 e. The first kappa shape index (κ1) is 15.1. The van der Waals surface area contributed by atoms with Crippen molar-refractivity contribution in [2.75, 3.05) is 12.8 Å². The molecule has 0 aliphatic heterocycles. The van der Waals surface area contributed by atoms with Crippen LogP contribution in [0.2, 0.25) is 0 Å². The van der Waals surface area contributed by atoms with Crippen molar-refractivity contribution in [1.82, 2.24) is 15.1 Å². The predicted molar refractivity (Wildman–Crippen MR) is 81.4 cm³/mol. The summed E-state index contributed by atoms with van der Waals surface area (Å²) in [6.07, 6.45) is 2.87. The van der Waals surface area contributed by atoms with Crippen LogP contribution in [0.1, 0.15) is 25.1 Å². The van der Waals surface area contributed by atoms with Gasteiger partial charge in [0.1, 0.15) is 5.82 Å². The molecule has 0 aliphatic rings. The largest absolute Gasteiger partial charge is 0.311 e. The molecular weight excluding hydrogens is 273 g/mol. The number of benzene rings is 1. The lowest BCUT2D eigenvalue weighted by Gasteiger charge is -2.17. The number of hydrogen-bond donors (Lipinski definition) is 1. The summed E-state index contributed by atoms with van der Waals surface area (Å²) in [5.41, 5.74) is 1.15. The van der Waals surface area contributed by atoms with Crippen molar-refractivity contribution in [1.29, 1.82) is 0 Å². The van der Waals surface area contributed by atoms with Gasteiger partial charge in [0, 0.05) is 23.4 Å².